The van der Waals surface area contributed by atoms with Gasteiger partial charge in [-0.1, -0.05) is 6.92 Å². The molecule has 2 aromatic rings. The van der Waals surface area contributed by atoms with Gasteiger partial charge in [-0.05, 0) is 49.1 Å². The molecule has 2 atom stereocenters. The van der Waals surface area contributed by atoms with Gasteiger partial charge in [0.15, 0.2) is 4.90 Å². The smallest absolute Gasteiger partial charge is 0.333 e. The molecule has 0 bridgehead atoms. The number of sulfonamides is 1. The average molecular weight is 433 g/mol. The van der Waals surface area contributed by atoms with Crippen LogP contribution in [0.5, 0.6) is 5.88 Å². The second kappa shape index (κ2) is 6.95. The number of ether oxygens (including phenoxy) is 1. The number of nitrogens with one attached hydrogen (secondary N) is 2. The summed E-state index contributed by atoms with van der Waals surface area (Å²) in [4.78, 5) is 17.4. The molecule has 0 aromatic carbocycles. The molecular weight excluding hydrogens is 408 g/mol. The van der Waals surface area contributed by atoms with E-state index in [4.69, 9.17) is 15.5 Å². The Morgan fingerprint density at radius 3 is 2.97 bits per heavy atom. The molecule has 1 aliphatic heterocycles. The van der Waals surface area contributed by atoms with Gasteiger partial charge in [-0.25, -0.2) is 22.6 Å². The zero-order valence-electron chi connectivity index (χ0n) is 16.6. The van der Waals surface area contributed by atoms with E-state index in [1.54, 1.807) is 0 Å². The number of fused-ring (bicyclic) bond motifs is 3. The summed E-state index contributed by atoms with van der Waals surface area (Å²) in [5, 5.41) is 6.83. The molecule has 160 valence electrons. The van der Waals surface area contributed by atoms with E-state index < -0.39 is 16.1 Å². The minimum absolute atomic E-state index is 0.0940. The monoisotopic (exact) mass is 432 g/mol. The van der Waals surface area contributed by atoms with Gasteiger partial charge in [0.1, 0.15) is 6.61 Å². The van der Waals surface area contributed by atoms with Crippen molar-refractivity contribution in [1.82, 2.24) is 19.5 Å². The molecule has 11 heteroatoms. The van der Waals surface area contributed by atoms with Gasteiger partial charge in [-0.2, -0.15) is 5.10 Å². The first-order chi connectivity index (χ1) is 14.3. The number of rotatable bonds is 3. The van der Waals surface area contributed by atoms with Crippen LogP contribution in [0.2, 0.25) is 0 Å². The van der Waals surface area contributed by atoms with Crippen LogP contribution in [-0.2, 0) is 35.8 Å². The molecule has 5 rings (SSSR count). The van der Waals surface area contributed by atoms with E-state index in [-0.39, 0.29) is 23.4 Å². The number of hydrogen-bond acceptors (Lipinski definition) is 7. The Labute approximate surface area is 174 Å². The van der Waals surface area contributed by atoms with Crippen LogP contribution < -0.4 is 20.5 Å². The van der Waals surface area contributed by atoms with E-state index in [2.05, 4.69) is 22.1 Å². The third kappa shape index (κ3) is 3.12. The number of pyridine rings is 1. The third-order valence-electron chi connectivity index (χ3n) is 6.01. The number of hydrogen-bond donors (Lipinski definition) is 3. The molecule has 0 saturated carbocycles. The molecule has 0 radical (unpaired) electrons. The average Bonchev–Trinajstić information content (AvgIpc) is 3.40. The lowest BCUT2D eigenvalue weighted by Gasteiger charge is -2.21. The Morgan fingerprint density at radius 1 is 1.30 bits per heavy atom. The van der Waals surface area contributed by atoms with Crippen LogP contribution in [-0.4, -0.2) is 41.9 Å². The molecule has 3 heterocycles. The Morgan fingerprint density at radius 2 is 2.13 bits per heavy atom. The third-order valence-corrected chi connectivity index (χ3v) is 7.32. The fourth-order valence-electron chi connectivity index (χ4n) is 4.55. The number of carbonyl (C=O) groups excluding carboxylic acids is 1. The predicted octanol–water partition coefficient (Wildman–Crippen LogP) is 1.05. The Hall–Kier alpha value is -2.66. The SMILES string of the molecule is CC1CCc2c1nc1c(c2NC(=O)NS(=O)(=O)c2cnn3c2OCC(N)C3)CCC1. The summed E-state index contributed by atoms with van der Waals surface area (Å²) >= 11 is 0. The first-order valence-corrected chi connectivity index (χ1v) is 11.6. The minimum atomic E-state index is -4.16. The number of aromatic nitrogens is 3. The highest BCUT2D eigenvalue weighted by Gasteiger charge is 2.32. The maximum absolute atomic E-state index is 12.8. The van der Waals surface area contributed by atoms with E-state index in [1.165, 1.54) is 10.9 Å². The Bertz CT molecular complexity index is 1140. The number of urea groups is 1. The zero-order valence-corrected chi connectivity index (χ0v) is 17.5. The van der Waals surface area contributed by atoms with Crippen LogP contribution in [0.15, 0.2) is 11.1 Å². The van der Waals surface area contributed by atoms with Crippen molar-refractivity contribution in [3.05, 3.63) is 28.7 Å². The van der Waals surface area contributed by atoms with Crippen LogP contribution in [0.1, 0.15) is 48.2 Å². The number of carbonyl (C=O) groups is 1. The van der Waals surface area contributed by atoms with Crippen LogP contribution >= 0.6 is 0 Å². The van der Waals surface area contributed by atoms with E-state index >= 15 is 0 Å². The molecule has 30 heavy (non-hydrogen) atoms. The lowest BCUT2D eigenvalue weighted by atomic mass is 10.0. The second-order valence-electron chi connectivity index (χ2n) is 8.20. The Kier molecular flexibility index (Phi) is 4.47. The standard InChI is InChI=1S/C19H24N6O4S/c1-10-5-6-13-16(10)22-14-4-2-3-12(14)17(13)23-19(26)24-30(27,28)15-7-21-25-8-11(20)9-29-18(15)25/h7,10-11H,2-6,8-9,20H2,1H3,(H2,22,23,24,26). The van der Waals surface area contributed by atoms with Gasteiger partial charge in [-0.3, -0.25) is 4.98 Å². The molecule has 0 fully saturated rings. The molecule has 2 amide bonds. The summed E-state index contributed by atoms with van der Waals surface area (Å²) in [6.45, 7) is 2.67. The normalized spacial score (nSPS) is 22.1. The molecule has 10 nitrogen and oxygen atoms in total. The summed E-state index contributed by atoms with van der Waals surface area (Å²) in [5.41, 5.74) is 10.6. The molecule has 2 aromatic heterocycles. The number of aryl methyl sites for hydroxylation is 1. The molecule has 0 saturated heterocycles. The molecule has 0 spiro atoms. The van der Waals surface area contributed by atoms with Gasteiger partial charge >= 0.3 is 6.03 Å². The number of anilines is 1. The molecule has 2 unspecified atom stereocenters. The van der Waals surface area contributed by atoms with Crippen molar-refractivity contribution < 1.29 is 17.9 Å². The van der Waals surface area contributed by atoms with Gasteiger partial charge in [0, 0.05) is 11.4 Å². The fraction of sp³-hybridized carbons (Fsp3) is 0.526. The number of amides is 2. The first kappa shape index (κ1) is 19.3. The molecule has 4 N–H and O–H groups in total. The van der Waals surface area contributed by atoms with Gasteiger partial charge in [-0.15, -0.1) is 0 Å². The lowest BCUT2D eigenvalue weighted by Crippen LogP contribution is -2.38. The highest BCUT2D eigenvalue weighted by molar-refractivity contribution is 7.90. The van der Waals surface area contributed by atoms with Gasteiger partial charge in [0.25, 0.3) is 10.0 Å². The number of nitrogens with two attached hydrogens (primary N) is 1. The fourth-order valence-corrected chi connectivity index (χ4v) is 5.53. The van der Waals surface area contributed by atoms with Gasteiger partial charge in [0.2, 0.25) is 5.88 Å². The highest BCUT2D eigenvalue weighted by Crippen LogP contribution is 2.41. The predicted molar refractivity (Wildman–Crippen MR) is 108 cm³/mol. The summed E-state index contributed by atoms with van der Waals surface area (Å²) in [7, 11) is -4.16. The topological polar surface area (TPSA) is 141 Å². The van der Waals surface area contributed by atoms with Crippen molar-refractivity contribution in [1.29, 1.82) is 0 Å². The van der Waals surface area contributed by atoms with Crippen LogP contribution in [0.4, 0.5) is 10.5 Å². The van der Waals surface area contributed by atoms with Crippen molar-refractivity contribution in [3.63, 3.8) is 0 Å². The van der Waals surface area contributed by atoms with Crippen LogP contribution in [0, 0.1) is 0 Å². The van der Waals surface area contributed by atoms with Crippen molar-refractivity contribution in [3.8, 4) is 5.88 Å². The van der Waals surface area contributed by atoms with Crippen molar-refractivity contribution in [2.75, 3.05) is 11.9 Å². The molecule has 3 aliphatic rings. The van der Waals surface area contributed by atoms with Crippen LogP contribution in [0.25, 0.3) is 0 Å². The summed E-state index contributed by atoms with van der Waals surface area (Å²) < 4.78 is 34.6. The summed E-state index contributed by atoms with van der Waals surface area (Å²) in [6, 6.07) is -1.06. The Balaban J connectivity index is 1.41. The highest BCUT2D eigenvalue weighted by atomic mass is 32.2. The minimum Gasteiger partial charge on any atom is -0.475 e. The summed E-state index contributed by atoms with van der Waals surface area (Å²) in [5.74, 6) is 0.428. The maximum Gasteiger partial charge on any atom is 0.333 e. The number of nitrogens with zero attached hydrogens (tertiary/aromatic N) is 3. The van der Waals surface area contributed by atoms with E-state index in [0.717, 1.165) is 60.3 Å². The zero-order chi connectivity index (χ0) is 21.0. The largest absolute Gasteiger partial charge is 0.475 e. The van der Waals surface area contributed by atoms with Crippen molar-refractivity contribution in [2.45, 2.75) is 62.4 Å². The van der Waals surface area contributed by atoms with Crippen molar-refractivity contribution in [2.24, 2.45) is 5.73 Å². The van der Waals surface area contributed by atoms with E-state index in [9.17, 15) is 13.2 Å². The lowest BCUT2D eigenvalue weighted by molar-refractivity contribution is 0.200. The second-order valence-corrected chi connectivity index (χ2v) is 9.85. The van der Waals surface area contributed by atoms with Crippen LogP contribution in [0.3, 0.4) is 0 Å². The van der Waals surface area contributed by atoms with E-state index in [0.29, 0.717) is 12.5 Å². The molecule has 2 aliphatic carbocycles. The maximum atomic E-state index is 12.8. The van der Waals surface area contributed by atoms with E-state index in [1.807, 2.05) is 0 Å². The first-order valence-electron chi connectivity index (χ1n) is 10.2. The molecular formula is C19H24N6O4S. The van der Waals surface area contributed by atoms with Gasteiger partial charge < -0.3 is 15.8 Å². The quantitative estimate of drug-likeness (QED) is 0.658. The van der Waals surface area contributed by atoms with Gasteiger partial charge in [0.05, 0.1) is 24.5 Å². The summed E-state index contributed by atoms with van der Waals surface area (Å²) in [6.07, 6.45) is 5.66. The van der Waals surface area contributed by atoms with Crippen molar-refractivity contribution >= 4 is 21.7 Å².